The maximum atomic E-state index is 3.63. The molecule has 0 saturated heterocycles. The molecule has 0 aliphatic carbocycles. The molecule has 12 heavy (non-hydrogen) atoms. The van der Waals surface area contributed by atoms with E-state index in [1.54, 1.807) is 6.08 Å². The van der Waals surface area contributed by atoms with Crippen molar-refractivity contribution in [2.75, 3.05) is 0 Å². The lowest BCUT2D eigenvalue weighted by molar-refractivity contribution is 1.44. The number of rotatable bonds is 2. The van der Waals surface area contributed by atoms with Gasteiger partial charge in [-0.25, -0.2) is 0 Å². The average Bonchev–Trinajstić information content (AvgIpc) is 2.03. The average molecular weight is 270 g/mol. The van der Waals surface area contributed by atoms with Gasteiger partial charge in [-0.3, -0.25) is 0 Å². The highest BCUT2D eigenvalue weighted by Gasteiger charge is 1.93. The Bertz CT molecular complexity index is 311. The van der Waals surface area contributed by atoms with Gasteiger partial charge < -0.3 is 0 Å². The minimum Gasteiger partial charge on any atom is -0.0991 e. The van der Waals surface area contributed by atoms with Crippen LogP contribution >= 0.6 is 22.6 Å². The van der Waals surface area contributed by atoms with Gasteiger partial charge in [0.05, 0.1) is 0 Å². The van der Waals surface area contributed by atoms with E-state index in [0.29, 0.717) is 0 Å². The van der Waals surface area contributed by atoms with Crippen LogP contribution in [0.3, 0.4) is 0 Å². The normalized spacial score (nSPS) is 10.5. The Balaban J connectivity index is 3.01. The van der Waals surface area contributed by atoms with E-state index in [9.17, 15) is 0 Å². The molecule has 0 atom stereocenters. The Morgan fingerprint density at radius 3 is 2.75 bits per heavy atom. The highest BCUT2D eigenvalue weighted by atomic mass is 127. The number of allylic oxidation sites excluding steroid dienone is 2. The van der Waals surface area contributed by atoms with Crippen LogP contribution in [0.5, 0.6) is 0 Å². The summed E-state index contributed by atoms with van der Waals surface area (Å²) in [5, 5.41) is 0. The zero-order chi connectivity index (χ0) is 8.97. The van der Waals surface area contributed by atoms with E-state index in [-0.39, 0.29) is 0 Å². The minimum atomic E-state index is 1.25. The highest BCUT2D eigenvalue weighted by Crippen LogP contribution is 2.15. The van der Waals surface area contributed by atoms with Gasteiger partial charge in [-0.1, -0.05) is 42.5 Å². The molecule has 0 fully saturated rings. The quantitative estimate of drug-likeness (QED) is 0.566. The number of hydrogen-bond acceptors (Lipinski definition) is 0. The largest absolute Gasteiger partial charge is 0.0991 e. The molecule has 1 aromatic rings. The summed E-state index contributed by atoms with van der Waals surface area (Å²) in [4.78, 5) is 0. The van der Waals surface area contributed by atoms with E-state index >= 15 is 0 Å². The third-order valence-corrected chi connectivity index (χ3v) is 2.50. The topological polar surface area (TPSA) is 0 Å². The zero-order valence-electron chi connectivity index (χ0n) is 7.05. The molecular formula is C11H11I. The van der Waals surface area contributed by atoms with Crippen molar-refractivity contribution in [1.82, 2.24) is 0 Å². The van der Waals surface area contributed by atoms with Crippen LogP contribution in [0, 0.1) is 10.5 Å². The fraction of sp³-hybridized carbons (Fsp3) is 0.0909. The SMILES string of the molecule is C=C/C=C\c1ccc(C)cc1I. The zero-order valence-corrected chi connectivity index (χ0v) is 9.21. The third kappa shape index (κ3) is 2.48. The lowest BCUT2D eigenvalue weighted by atomic mass is 10.1. The lowest BCUT2D eigenvalue weighted by Crippen LogP contribution is -1.80. The molecule has 0 amide bonds. The fourth-order valence-corrected chi connectivity index (χ4v) is 1.79. The van der Waals surface area contributed by atoms with Crippen LogP contribution in [0.25, 0.3) is 6.08 Å². The number of benzene rings is 1. The molecule has 0 saturated carbocycles. The van der Waals surface area contributed by atoms with E-state index in [0.717, 1.165) is 0 Å². The molecule has 0 unspecified atom stereocenters. The Morgan fingerprint density at radius 1 is 1.42 bits per heavy atom. The second kappa shape index (κ2) is 4.45. The molecule has 1 aromatic carbocycles. The van der Waals surface area contributed by atoms with Gasteiger partial charge in [0.2, 0.25) is 0 Å². The molecule has 0 spiro atoms. The van der Waals surface area contributed by atoms with Gasteiger partial charge in [-0.05, 0) is 41.1 Å². The maximum absolute atomic E-state index is 3.63. The molecule has 0 nitrogen and oxygen atoms in total. The van der Waals surface area contributed by atoms with Crippen LogP contribution < -0.4 is 0 Å². The molecule has 0 heterocycles. The summed E-state index contributed by atoms with van der Waals surface area (Å²) in [6, 6.07) is 6.41. The molecule has 0 aliphatic heterocycles. The van der Waals surface area contributed by atoms with E-state index in [4.69, 9.17) is 0 Å². The van der Waals surface area contributed by atoms with E-state index in [2.05, 4.69) is 60.4 Å². The summed E-state index contributed by atoms with van der Waals surface area (Å²) in [5.74, 6) is 0. The van der Waals surface area contributed by atoms with Crippen LogP contribution in [0.4, 0.5) is 0 Å². The van der Waals surface area contributed by atoms with Crippen molar-refractivity contribution in [3.8, 4) is 0 Å². The van der Waals surface area contributed by atoms with Crippen molar-refractivity contribution in [2.24, 2.45) is 0 Å². The molecule has 62 valence electrons. The molecule has 0 aromatic heterocycles. The number of halogens is 1. The first kappa shape index (κ1) is 9.52. The Morgan fingerprint density at radius 2 is 2.17 bits per heavy atom. The minimum absolute atomic E-state index is 1.25. The van der Waals surface area contributed by atoms with Gasteiger partial charge in [-0.15, -0.1) is 0 Å². The summed E-state index contributed by atoms with van der Waals surface area (Å²) < 4.78 is 1.28. The molecule has 1 rings (SSSR count). The van der Waals surface area contributed by atoms with Crippen molar-refractivity contribution in [2.45, 2.75) is 6.92 Å². The predicted octanol–water partition coefficient (Wildman–Crippen LogP) is 3.80. The van der Waals surface area contributed by atoms with Crippen molar-refractivity contribution in [1.29, 1.82) is 0 Å². The summed E-state index contributed by atoms with van der Waals surface area (Å²) >= 11 is 2.34. The standard InChI is InChI=1S/C11H11I/c1-3-4-5-10-7-6-9(2)8-11(10)12/h3-8H,1H2,2H3/b5-4-. The Labute approximate surface area is 87.1 Å². The molecule has 1 heteroatoms. The van der Waals surface area contributed by atoms with Gasteiger partial charge in [0.15, 0.2) is 0 Å². The van der Waals surface area contributed by atoms with Crippen molar-refractivity contribution in [3.05, 3.63) is 51.6 Å². The van der Waals surface area contributed by atoms with Crippen LogP contribution in [0.2, 0.25) is 0 Å². The maximum Gasteiger partial charge on any atom is 0.0205 e. The summed E-state index contributed by atoms with van der Waals surface area (Å²) in [7, 11) is 0. The summed E-state index contributed by atoms with van der Waals surface area (Å²) in [5.41, 5.74) is 2.55. The van der Waals surface area contributed by atoms with Gasteiger partial charge in [0, 0.05) is 3.57 Å². The van der Waals surface area contributed by atoms with Gasteiger partial charge in [0.1, 0.15) is 0 Å². The number of hydrogen-bond donors (Lipinski definition) is 0. The molecule has 0 radical (unpaired) electrons. The fourth-order valence-electron chi connectivity index (χ4n) is 0.939. The molecule has 0 N–H and O–H groups in total. The molecular weight excluding hydrogens is 259 g/mol. The van der Waals surface area contributed by atoms with E-state index < -0.39 is 0 Å². The van der Waals surface area contributed by atoms with Crippen LogP contribution in [0.15, 0.2) is 36.9 Å². The lowest BCUT2D eigenvalue weighted by Gasteiger charge is -1.98. The highest BCUT2D eigenvalue weighted by molar-refractivity contribution is 14.1. The first-order chi connectivity index (χ1) is 5.74. The first-order valence-electron chi connectivity index (χ1n) is 3.79. The van der Waals surface area contributed by atoms with Gasteiger partial charge in [-0.2, -0.15) is 0 Å². The van der Waals surface area contributed by atoms with Crippen molar-refractivity contribution < 1.29 is 0 Å². The van der Waals surface area contributed by atoms with Crippen molar-refractivity contribution >= 4 is 28.7 Å². The number of aryl methyl sites for hydroxylation is 1. The van der Waals surface area contributed by atoms with Crippen LogP contribution in [-0.2, 0) is 0 Å². The van der Waals surface area contributed by atoms with Gasteiger partial charge in [0.25, 0.3) is 0 Å². The van der Waals surface area contributed by atoms with E-state index in [1.807, 2.05) is 6.08 Å². The Kier molecular flexibility index (Phi) is 3.53. The second-order valence-electron chi connectivity index (χ2n) is 2.62. The molecule has 0 bridgehead atoms. The molecule has 0 aliphatic rings. The van der Waals surface area contributed by atoms with Crippen molar-refractivity contribution in [3.63, 3.8) is 0 Å². The Hall–Kier alpha value is -0.570. The second-order valence-corrected chi connectivity index (χ2v) is 3.78. The summed E-state index contributed by atoms with van der Waals surface area (Å²) in [6.07, 6.45) is 5.80. The first-order valence-corrected chi connectivity index (χ1v) is 4.87. The smallest absolute Gasteiger partial charge is 0.0205 e. The third-order valence-electron chi connectivity index (χ3n) is 1.57. The summed E-state index contributed by atoms with van der Waals surface area (Å²) in [6.45, 7) is 5.73. The van der Waals surface area contributed by atoms with Crippen LogP contribution in [0.1, 0.15) is 11.1 Å². The predicted molar refractivity (Wildman–Crippen MR) is 63.1 cm³/mol. The van der Waals surface area contributed by atoms with Crippen LogP contribution in [-0.4, -0.2) is 0 Å². The monoisotopic (exact) mass is 270 g/mol. The van der Waals surface area contributed by atoms with Gasteiger partial charge >= 0.3 is 0 Å². The van der Waals surface area contributed by atoms with E-state index in [1.165, 1.54) is 14.7 Å².